The van der Waals surface area contributed by atoms with Crippen molar-refractivity contribution in [2.24, 2.45) is 0 Å². The van der Waals surface area contributed by atoms with E-state index in [1.54, 1.807) is 22.8 Å². The number of nitrogens with one attached hydrogen (secondary N) is 1. The summed E-state index contributed by atoms with van der Waals surface area (Å²) < 4.78 is 6.87. The van der Waals surface area contributed by atoms with Crippen LogP contribution in [0, 0.1) is 0 Å². The van der Waals surface area contributed by atoms with Crippen molar-refractivity contribution < 1.29 is 9.21 Å². The lowest BCUT2D eigenvalue weighted by molar-refractivity contribution is 0.0736. The summed E-state index contributed by atoms with van der Waals surface area (Å²) >= 11 is 0. The first-order valence-corrected chi connectivity index (χ1v) is 7.84. The highest BCUT2D eigenvalue weighted by atomic mass is 16.4. The van der Waals surface area contributed by atoms with Gasteiger partial charge in [-0.05, 0) is 24.6 Å². The fraction of sp³-hybridized carbons (Fsp3) is 0.500. The van der Waals surface area contributed by atoms with Gasteiger partial charge < -0.3 is 14.6 Å². The molecule has 0 spiro atoms. The molecule has 1 fully saturated rings. The lowest BCUT2D eigenvalue weighted by Crippen LogP contribution is -2.46. The van der Waals surface area contributed by atoms with Gasteiger partial charge in [0.25, 0.3) is 5.91 Å². The Morgan fingerprint density at radius 2 is 2.09 bits per heavy atom. The summed E-state index contributed by atoms with van der Waals surface area (Å²) in [6.45, 7) is 5.76. The van der Waals surface area contributed by atoms with Crippen LogP contribution in [0.2, 0.25) is 0 Å². The van der Waals surface area contributed by atoms with E-state index in [9.17, 15) is 9.59 Å². The maximum Gasteiger partial charge on any atom is 0.419 e. The first kappa shape index (κ1) is 14.8. The number of unbranched alkanes of at least 4 members (excludes halogenated alkanes) is 1. The molecule has 1 N–H and O–H groups in total. The molecule has 2 heterocycles. The summed E-state index contributed by atoms with van der Waals surface area (Å²) in [6.07, 6.45) is 1.91. The Balaban J connectivity index is 1.94. The van der Waals surface area contributed by atoms with E-state index in [2.05, 4.69) is 12.2 Å². The Morgan fingerprint density at radius 1 is 1.32 bits per heavy atom. The third kappa shape index (κ3) is 2.78. The molecule has 6 nitrogen and oxygen atoms in total. The first-order chi connectivity index (χ1) is 10.7. The van der Waals surface area contributed by atoms with Crippen LogP contribution in [-0.2, 0) is 6.54 Å². The van der Waals surface area contributed by atoms with E-state index in [-0.39, 0.29) is 11.7 Å². The highest BCUT2D eigenvalue weighted by Crippen LogP contribution is 2.17. The fourth-order valence-corrected chi connectivity index (χ4v) is 2.77. The largest absolute Gasteiger partial charge is 0.419 e. The van der Waals surface area contributed by atoms with Crippen molar-refractivity contribution in [1.82, 2.24) is 14.8 Å². The number of carbonyl (C=O) groups is 1. The smallest absolute Gasteiger partial charge is 0.408 e. The lowest BCUT2D eigenvalue weighted by Gasteiger charge is -2.27. The zero-order valence-corrected chi connectivity index (χ0v) is 12.8. The number of aromatic nitrogens is 1. The summed E-state index contributed by atoms with van der Waals surface area (Å²) in [5, 5.41) is 3.23. The van der Waals surface area contributed by atoms with Crippen molar-refractivity contribution in [3.63, 3.8) is 0 Å². The van der Waals surface area contributed by atoms with Crippen molar-refractivity contribution in [1.29, 1.82) is 0 Å². The van der Waals surface area contributed by atoms with Crippen molar-refractivity contribution in [2.75, 3.05) is 26.2 Å². The molecule has 0 aliphatic carbocycles. The van der Waals surface area contributed by atoms with Crippen molar-refractivity contribution in [2.45, 2.75) is 26.3 Å². The Morgan fingerprint density at radius 3 is 2.82 bits per heavy atom. The van der Waals surface area contributed by atoms with Crippen LogP contribution in [-0.4, -0.2) is 41.6 Å². The Hall–Kier alpha value is -2.08. The number of hydrogen-bond donors (Lipinski definition) is 1. The van der Waals surface area contributed by atoms with Gasteiger partial charge in [0.05, 0.1) is 5.52 Å². The Kier molecular flexibility index (Phi) is 4.29. The molecule has 1 saturated heterocycles. The summed E-state index contributed by atoms with van der Waals surface area (Å²) in [5.74, 6) is -0.339. The molecule has 0 unspecified atom stereocenters. The average molecular weight is 303 g/mol. The van der Waals surface area contributed by atoms with E-state index < -0.39 is 0 Å². The van der Waals surface area contributed by atoms with Crippen LogP contribution in [0.3, 0.4) is 0 Å². The number of nitrogens with zero attached hydrogens (tertiary/aromatic N) is 2. The molecule has 118 valence electrons. The molecular formula is C16H21N3O3. The van der Waals surface area contributed by atoms with Crippen molar-refractivity contribution in [3.8, 4) is 0 Å². The SMILES string of the molecule is CCCCn1c(=O)oc2ccc(C(=O)N3CCNCC3)cc21. The van der Waals surface area contributed by atoms with Crippen LogP contribution in [0.1, 0.15) is 30.1 Å². The molecule has 3 rings (SSSR count). The molecule has 22 heavy (non-hydrogen) atoms. The minimum absolute atomic E-state index is 0.0130. The number of aryl methyl sites for hydroxylation is 1. The Labute approximate surface area is 128 Å². The molecule has 0 atom stereocenters. The van der Waals surface area contributed by atoms with Gasteiger partial charge in [-0.25, -0.2) is 4.79 Å². The molecule has 1 aromatic carbocycles. The predicted molar refractivity (Wildman–Crippen MR) is 84.2 cm³/mol. The number of piperazine rings is 1. The minimum Gasteiger partial charge on any atom is -0.408 e. The summed E-state index contributed by atoms with van der Waals surface area (Å²) in [5.41, 5.74) is 1.86. The fourth-order valence-electron chi connectivity index (χ4n) is 2.77. The van der Waals surface area contributed by atoms with Gasteiger partial charge in [-0.3, -0.25) is 9.36 Å². The molecule has 6 heteroatoms. The molecule has 1 aromatic heterocycles. The van der Waals surface area contributed by atoms with E-state index in [1.165, 1.54) is 0 Å². The quantitative estimate of drug-likeness (QED) is 0.928. The minimum atomic E-state index is -0.352. The molecular weight excluding hydrogens is 282 g/mol. The number of rotatable bonds is 4. The van der Waals surface area contributed by atoms with Gasteiger partial charge in [0.2, 0.25) is 0 Å². The number of hydrogen-bond acceptors (Lipinski definition) is 4. The summed E-state index contributed by atoms with van der Waals surface area (Å²) in [4.78, 5) is 26.3. The number of oxazole rings is 1. The van der Waals surface area contributed by atoms with Crippen LogP contribution in [0.25, 0.3) is 11.1 Å². The molecule has 1 amide bonds. The van der Waals surface area contributed by atoms with Gasteiger partial charge in [0, 0.05) is 38.3 Å². The number of fused-ring (bicyclic) bond motifs is 1. The maximum absolute atomic E-state index is 12.6. The summed E-state index contributed by atoms with van der Waals surface area (Å²) in [6, 6.07) is 5.23. The maximum atomic E-state index is 12.6. The average Bonchev–Trinajstić information content (AvgIpc) is 2.87. The topological polar surface area (TPSA) is 67.5 Å². The third-order valence-corrected chi connectivity index (χ3v) is 4.05. The predicted octanol–water partition coefficient (Wildman–Crippen LogP) is 1.44. The summed E-state index contributed by atoms with van der Waals surface area (Å²) in [7, 11) is 0. The molecule has 2 aromatic rings. The molecule has 0 saturated carbocycles. The van der Waals surface area contributed by atoms with Gasteiger partial charge in [0.1, 0.15) is 0 Å². The van der Waals surface area contributed by atoms with E-state index in [0.29, 0.717) is 36.3 Å². The van der Waals surface area contributed by atoms with E-state index >= 15 is 0 Å². The lowest BCUT2D eigenvalue weighted by atomic mass is 10.1. The number of carbonyl (C=O) groups excluding carboxylic acids is 1. The highest BCUT2D eigenvalue weighted by molar-refractivity contribution is 5.97. The van der Waals surface area contributed by atoms with Gasteiger partial charge in [-0.15, -0.1) is 0 Å². The van der Waals surface area contributed by atoms with Crippen LogP contribution in [0.4, 0.5) is 0 Å². The van der Waals surface area contributed by atoms with Crippen LogP contribution in [0.5, 0.6) is 0 Å². The third-order valence-electron chi connectivity index (χ3n) is 4.05. The standard InChI is InChI=1S/C16H21N3O3/c1-2-3-8-19-13-11-12(4-5-14(13)22-16(19)21)15(20)18-9-6-17-7-10-18/h4-5,11,17H,2-3,6-10H2,1H3. The van der Waals surface area contributed by atoms with Crippen molar-refractivity contribution in [3.05, 3.63) is 34.3 Å². The monoisotopic (exact) mass is 303 g/mol. The first-order valence-electron chi connectivity index (χ1n) is 7.84. The zero-order valence-electron chi connectivity index (χ0n) is 12.8. The van der Waals surface area contributed by atoms with Gasteiger partial charge >= 0.3 is 5.76 Å². The molecule has 1 aliphatic heterocycles. The van der Waals surface area contributed by atoms with Crippen LogP contribution < -0.4 is 11.1 Å². The normalized spacial score (nSPS) is 15.4. The highest BCUT2D eigenvalue weighted by Gasteiger charge is 2.19. The van der Waals surface area contributed by atoms with Gasteiger partial charge in [0.15, 0.2) is 5.58 Å². The van der Waals surface area contributed by atoms with Gasteiger partial charge in [-0.2, -0.15) is 0 Å². The number of amides is 1. The van der Waals surface area contributed by atoms with Crippen LogP contribution >= 0.6 is 0 Å². The Bertz CT molecular complexity index is 726. The van der Waals surface area contributed by atoms with Gasteiger partial charge in [-0.1, -0.05) is 13.3 Å². The molecule has 0 bridgehead atoms. The van der Waals surface area contributed by atoms with E-state index in [0.717, 1.165) is 25.9 Å². The number of benzene rings is 1. The van der Waals surface area contributed by atoms with Crippen LogP contribution in [0.15, 0.2) is 27.4 Å². The van der Waals surface area contributed by atoms with E-state index in [1.807, 2.05) is 4.90 Å². The molecule has 1 aliphatic rings. The zero-order chi connectivity index (χ0) is 15.5. The van der Waals surface area contributed by atoms with Crippen molar-refractivity contribution >= 4 is 17.0 Å². The second-order valence-electron chi connectivity index (χ2n) is 5.60. The molecule has 0 radical (unpaired) electrons. The second-order valence-corrected chi connectivity index (χ2v) is 5.60. The van der Waals surface area contributed by atoms with E-state index in [4.69, 9.17) is 4.42 Å². The second kappa shape index (κ2) is 6.36.